The second-order valence-electron chi connectivity index (χ2n) is 7.38. The van der Waals surface area contributed by atoms with Crippen molar-refractivity contribution in [2.24, 2.45) is 0 Å². The minimum atomic E-state index is 0. The van der Waals surface area contributed by atoms with E-state index in [1.807, 2.05) is 0 Å². The average molecular weight is 429 g/mol. The molecule has 24 heavy (non-hydrogen) atoms. The van der Waals surface area contributed by atoms with Gasteiger partial charge in [-0.25, -0.2) is 0 Å². The summed E-state index contributed by atoms with van der Waals surface area (Å²) >= 11 is 8.76. The quantitative estimate of drug-likeness (QED) is 0.600. The lowest BCUT2D eigenvalue weighted by Gasteiger charge is -2.31. The Morgan fingerprint density at radius 3 is 1.83 bits per heavy atom. The van der Waals surface area contributed by atoms with Gasteiger partial charge in [0.15, 0.2) is 0 Å². The summed E-state index contributed by atoms with van der Waals surface area (Å²) in [4.78, 5) is 2.51. The zero-order valence-electron chi connectivity index (χ0n) is 15.2. The molecule has 2 nitrogen and oxygen atoms in total. The molecule has 0 aromatic heterocycles. The minimum absolute atomic E-state index is 0. The van der Waals surface area contributed by atoms with E-state index in [4.69, 9.17) is 0 Å². The molecule has 0 aromatic rings. The van der Waals surface area contributed by atoms with Crippen molar-refractivity contribution in [3.8, 4) is 0 Å². The average Bonchev–Trinajstić information content (AvgIpc) is 3.02. The van der Waals surface area contributed by atoms with E-state index in [1.165, 1.54) is 61.8 Å². The van der Waals surface area contributed by atoms with Crippen LogP contribution in [0.3, 0.4) is 0 Å². The number of hydrogen-bond donors (Lipinski definition) is 1. The molecule has 0 unspecified atom stereocenters. The molecule has 4 aliphatic heterocycles. The Morgan fingerprint density at radius 1 is 0.875 bits per heavy atom. The molecule has 0 amide bonds. The fraction of sp³-hybridized carbons (Fsp3) is 1.00. The van der Waals surface area contributed by atoms with Gasteiger partial charge in [0.2, 0.25) is 0 Å². The van der Waals surface area contributed by atoms with Gasteiger partial charge in [0.25, 0.3) is 0 Å². The highest BCUT2D eigenvalue weighted by molar-refractivity contribution is 8.19. The van der Waals surface area contributed by atoms with Crippen molar-refractivity contribution in [3.05, 3.63) is 0 Å². The monoisotopic (exact) mass is 428 g/mol. The summed E-state index contributed by atoms with van der Waals surface area (Å²) in [6.07, 6.45) is 5.57. The van der Waals surface area contributed by atoms with E-state index in [9.17, 15) is 0 Å². The summed E-state index contributed by atoms with van der Waals surface area (Å²) in [5.74, 6) is 5.52. The third-order valence-electron chi connectivity index (χ3n) is 5.22. The third kappa shape index (κ3) is 5.56. The molecule has 4 aliphatic rings. The molecule has 0 saturated carbocycles. The summed E-state index contributed by atoms with van der Waals surface area (Å²) in [6, 6.07) is 1.54. The van der Waals surface area contributed by atoms with Crippen molar-refractivity contribution < 1.29 is 0 Å². The summed E-state index contributed by atoms with van der Waals surface area (Å²) in [6.45, 7) is 7.17. The van der Waals surface area contributed by atoms with Crippen molar-refractivity contribution in [1.29, 1.82) is 0 Å². The van der Waals surface area contributed by atoms with Crippen LogP contribution in [0.4, 0.5) is 0 Å². The van der Waals surface area contributed by atoms with E-state index in [2.05, 4.69) is 78.2 Å². The fourth-order valence-electron chi connectivity index (χ4n) is 3.81. The predicted molar refractivity (Wildman–Crippen MR) is 121 cm³/mol. The fourth-order valence-corrected chi connectivity index (χ4v) is 10.9. The summed E-state index contributed by atoms with van der Waals surface area (Å²) in [5, 5.41) is 3.54. The molecule has 4 rings (SSSR count). The number of nitrogens with one attached hydrogen (secondary N) is 1. The Morgan fingerprint density at radius 2 is 1.42 bits per heavy atom. The number of likely N-dealkylation sites (tertiary alicyclic amines) is 1. The number of hydrogen-bond acceptors (Lipinski definition) is 6. The molecule has 0 radical (unpaired) electrons. The van der Waals surface area contributed by atoms with Crippen molar-refractivity contribution >= 4 is 59.5 Å². The van der Waals surface area contributed by atoms with Gasteiger partial charge in [0.1, 0.15) is 0 Å². The number of nitrogens with zero attached hydrogens (tertiary/aromatic N) is 1. The smallest absolute Gasteiger partial charge is 0.0752 e. The van der Waals surface area contributed by atoms with Gasteiger partial charge in [-0.1, -0.05) is 0 Å². The van der Waals surface area contributed by atoms with Crippen LogP contribution in [0.15, 0.2) is 0 Å². The van der Waals surface area contributed by atoms with E-state index in [1.54, 1.807) is 0 Å². The van der Waals surface area contributed by atoms with Crippen LogP contribution in [0.1, 0.15) is 39.5 Å². The maximum atomic E-state index is 3.54. The Labute approximate surface area is 172 Å². The first kappa shape index (κ1) is 21.9. The molecule has 142 valence electrons. The lowest BCUT2D eigenvalue weighted by molar-refractivity contribution is 0.330. The van der Waals surface area contributed by atoms with Gasteiger partial charge < -0.3 is 10.2 Å². The normalized spacial score (nSPS) is 34.6. The molecule has 4 saturated heterocycles. The molecule has 0 bridgehead atoms. The molecule has 4 fully saturated rings. The molecule has 1 N–H and O–H groups in total. The van der Waals surface area contributed by atoms with Gasteiger partial charge in [-0.3, -0.25) is 0 Å². The van der Waals surface area contributed by atoms with Crippen LogP contribution in [0.25, 0.3) is 0 Å². The molecule has 2 spiro atoms. The van der Waals surface area contributed by atoms with Crippen molar-refractivity contribution in [2.45, 2.75) is 59.8 Å². The van der Waals surface area contributed by atoms with E-state index in [0.29, 0.717) is 8.16 Å². The van der Waals surface area contributed by atoms with Gasteiger partial charge in [0.05, 0.1) is 8.16 Å². The van der Waals surface area contributed by atoms with E-state index < -0.39 is 0 Å². The Balaban J connectivity index is 0.000000167. The van der Waals surface area contributed by atoms with Gasteiger partial charge in [-0.2, -0.15) is 0 Å². The first-order valence-electron chi connectivity index (χ1n) is 9.02. The molecule has 7 heteroatoms. The number of rotatable bonds is 0. The number of halogens is 1. The van der Waals surface area contributed by atoms with E-state index in [0.717, 1.165) is 12.1 Å². The standard InChI is InChI=1S/C9H17NS2.C8H15NS2.ClH/c1-8-6-9(7-10(8)2)11-4-3-5-12-9;1-7-5-8(6-9-7)10-3-2-4-11-8;/h8H,3-7H2,1-2H3;7,9H,2-6H2,1H3;1H/t8-;7-;/m11./s1. The molecular formula is C17H33ClN2S4. The Bertz CT molecular complexity index is 369. The third-order valence-corrected chi connectivity index (χ3v) is 11.9. The lowest BCUT2D eigenvalue weighted by Crippen LogP contribution is -2.28. The predicted octanol–water partition coefficient (Wildman–Crippen LogP) is 4.63. The van der Waals surface area contributed by atoms with E-state index in [-0.39, 0.29) is 12.4 Å². The summed E-state index contributed by atoms with van der Waals surface area (Å²) in [7, 11) is 2.26. The topological polar surface area (TPSA) is 15.3 Å². The second kappa shape index (κ2) is 9.70. The van der Waals surface area contributed by atoms with Crippen molar-refractivity contribution in [1.82, 2.24) is 10.2 Å². The SMILES string of the molecule is C[C@@H]1CC2(CN1)SCCCS2.C[C@@H]1CC2(CN1C)SCCCS2.Cl. The zero-order valence-corrected chi connectivity index (χ0v) is 19.3. The second-order valence-corrected chi connectivity index (χ2v) is 13.8. The highest BCUT2D eigenvalue weighted by Crippen LogP contribution is 2.49. The number of thioether (sulfide) groups is 4. The molecule has 2 atom stereocenters. The molecule has 4 heterocycles. The highest BCUT2D eigenvalue weighted by atomic mass is 35.5. The van der Waals surface area contributed by atoms with Gasteiger partial charge in [-0.15, -0.1) is 59.5 Å². The van der Waals surface area contributed by atoms with E-state index >= 15 is 0 Å². The van der Waals surface area contributed by atoms with Crippen LogP contribution in [-0.4, -0.2) is 68.3 Å². The highest BCUT2D eigenvalue weighted by Gasteiger charge is 2.42. The maximum Gasteiger partial charge on any atom is 0.0752 e. The molecule has 0 aromatic carbocycles. The van der Waals surface area contributed by atoms with Gasteiger partial charge in [-0.05, 0) is 69.6 Å². The van der Waals surface area contributed by atoms with Gasteiger partial charge in [0, 0.05) is 25.2 Å². The maximum absolute atomic E-state index is 3.54. The van der Waals surface area contributed by atoms with Crippen LogP contribution in [0.5, 0.6) is 0 Å². The van der Waals surface area contributed by atoms with Crippen molar-refractivity contribution in [3.63, 3.8) is 0 Å². The first-order valence-corrected chi connectivity index (χ1v) is 13.0. The first-order chi connectivity index (χ1) is 11.0. The van der Waals surface area contributed by atoms with Crippen LogP contribution in [0.2, 0.25) is 0 Å². The van der Waals surface area contributed by atoms with Crippen LogP contribution >= 0.6 is 59.5 Å². The van der Waals surface area contributed by atoms with Gasteiger partial charge >= 0.3 is 0 Å². The summed E-state index contributed by atoms with van der Waals surface area (Å²) in [5.41, 5.74) is 0. The zero-order chi connectivity index (χ0) is 16.3. The van der Waals surface area contributed by atoms with Crippen molar-refractivity contribution in [2.75, 3.05) is 43.1 Å². The molecule has 0 aliphatic carbocycles. The Hall–Kier alpha value is 1.61. The Kier molecular flexibility index (Phi) is 8.85. The summed E-state index contributed by atoms with van der Waals surface area (Å²) < 4.78 is 1.14. The minimum Gasteiger partial charge on any atom is -0.312 e. The van der Waals surface area contributed by atoms with Crippen LogP contribution < -0.4 is 5.32 Å². The van der Waals surface area contributed by atoms with Crippen LogP contribution in [-0.2, 0) is 0 Å². The largest absolute Gasteiger partial charge is 0.312 e. The molecular weight excluding hydrogens is 396 g/mol. The lowest BCUT2D eigenvalue weighted by atomic mass is 10.2. The van der Waals surface area contributed by atoms with Crippen LogP contribution in [0, 0.1) is 0 Å².